The highest BCUT2D eigenvalue weighted by Gasteiger charge is 2.27. The van der Waals surface area contributed by atoms with Crippen LogP contribution in [0.25, 0.3) is 0 Å². The van der Waals surface area contributed by atoms with Gasteiger partial charge in [0.25, 0.3) is 0 Å². The van der Waals surface area contributed by atoms with Gasteiger partial charge in [-0.05, 0) is 24.1 Å². The zero-order valence-corrected chi connectivity index (χ0v) is 11.0. The van der Waals surface area contributed by atoms with Crippen LogP contribution in [0, 0.1) is 0 Å². The summed E-state index contributed by atoms with van der Waals surface area (Å²) in [5.41, 5.74) is 0.901. The van der Waals surface area contributed by atoms with Crippen LogP contribution in [-0.4, -0.2) is 38.2 Å². The van der Waals surface area contributed by atoms with E-state index in [1.54, 1.807) is 12.1 Å². The van der Waals surface area contributed by atoms with E-state index in [0.717, 1.165) is 5.56 Å². The fourth-order valence-corrected chi connectivity index (χ4v) is 3.77. The van der Waals surface area contributed by atoms with Crippen LogP contribution in [0.2, 0.25) is 0 Å². The Bertz CT molecular complexity index is 527. The number of phenolic OH excluding ortho intramolecular Hbond substituents is 1. The third kappa shape index (κ3) is 3.14. The lowest BCUT2D eigenvalue weighted by molar-refractivity contribution is 0.373. The molecule has 2 N–H and O–H groups in total. The van der Waals surface area contributed by atoms with E-state index in [1.165, 1.54) is 7.11 Å². The maximum atomic E-state index is 11.3. The monoisotopic (exact) mass is 271 g/mol. The summed E-state index contributed by atoms with van der Waals surface area (Å²) in [7, 11) is -1.35. The van der Waals surface area contributed by atoms with Crippen LogP contribution in [-0.2, 0) is 16.4 Å². The number of hydrogen-bond donors (Lipinski definition) is 2. The van der Waals surface area contributed by atoms with Crippen molar-refractivity contribution < 1.29 is 18.3 Å². The Hall–Kier alpha value is -1.27. The molecule has 5 nitrogen and oxygen atoms in total. The normalized spacial score (nSPS) is 21.9. The molecule has 0 aromatic heterocycles. The molecule has 0 spiro atoms. The van der Waals surface area contributed by atoms with Crippen LogP contribution in [0.15, 0.2) is 18.2 Å². The van der Waals surface area contributed by atoms with Gasteiger partial charge in [-0.1, -0.05) is 6.07 Å². The van der Waals surface area contributed by atoms with Crippen molar-refractivity contribution in [1.82, 2.24) is 5.32 Å². The fraction of sp³-hybridized carbons (Fsp3) is 0.500. The molecule has 1 aromatic carbocycles. The van der Waals surface area contributed by atoms with Gasteiger partial charge in [0.05, 0.1) is 18.6 Å². The van der Waals surface area contributed by atoms with E-state index in [-0.39, 0.29) is 23.3 Å². The summed E-state index contributed by atoms with van der Waals surface area (Å²) >= 11 is 0. The topological polar surface area (TPSA) is 75.6 Å². The van der Waals surface area contributed by atoms with E-state index in [1.807, 2.05) is 6.07 Å². The SMILES string of the molecule is COc1ccc(CNC2CCS(=O)(=O)C2)cc1O. The van der Waals surface area contributed by atoms with Crippen molar-refractivity contribution in [3.05, 3.63) is 23.8 Å². The molecule has 2 rings (SSSR count). The number of nitrogens with one attached hydrogen (secondary N) is 1. The molecule has 1 unspecified atom stereocenters. The second kappa shape index (κ2) is 5.16. The van der Waals surface area contributed by atoms with Crippen molar-refractivity contribution in [2.24, 2.45) is 0 Å². The lowest BCUT2D eigenvalue weighted by Gasteiger charge is -2.11. The van der Waals surface area contributed by atoms with E-state index in [9.17, 15) is 13.5 Å². The first-order chi connectivity index (χ1) is 8.50. The molecule has 1 heterocycles. The number of methoxy groups -OCH3 is 1. The minimum Gasteiger partial charge on any atom is -0.504 e. The van der Waals surface area contributed by atoms with Gasteiger partial charge >= 0.3 is 0 Å². The molecule has 1 fully saturated rings. The molecule has 0 saturated carbocycles. The highest BCUT2D eigenvalue weighted by atomic mass is 32.2. The summed E-state index contributed by atoms with van der Waals surface area (Å²) < 4.78 is 27.5. The number of hydrogen-bond acceptors (Lipinski definition) is 5. The predicted octanol–water partition coefficient (Wildman–Crippen LogP) is 0.677. The quantitative estimate of drug-likeness (QED) is 0.842. The highest BCUT2D eigenvalue weighted by molar-refractivity contribution is 7.91. The zero-order valence-electron chi connectivity index (χ0n) is 10.2. The second-order valence-corrected chi connectivity index (χ2v) is 6.72. The first-order valence-electron chi connectivity index (χ1n) is 5.80. The van der Waals surface area contributed by atoms with Gasteiger partial charge in [0.1, 0.15) is 0 Å². The van der Waals surface area contributed by atoms with Crippen molar-refractivity contribution in [2.45, 2.75) is 19.0 Å². The summed E-state index contributed by atoms with van der Waals surface area (Å²) in [4.78, 5) is 0. The lowest BCUT2D eigenvalue weighted by atomic mass is 10.2. The molecule has 0 amide bonds. The third-order valence-corrected chi connectivity index (χ3v) is 4.84. The summed E-state index contributed by atoms with van der Waals surface area (Å²) in [6.07, 6.45) is 0.657. The molecule has 1 saturated heterocycles. The molecule has 0 bridgehead atoms. The van der Waals surface area contributed by atoms with Crippen LogP contribution < -0.4 is 10.1 Å². The first kappa shape index (κ1) is 13.2. The molecule has 1 aliphatic heterocycles. The Morgan fingerprint density at radius 1 is 1.50 bits per heavy atom. The van der Waals surface area contributed by atoms with Crippen LogP contribution >= 0.6 is 0 Å². The molecule has 0 radical (unpaired) electrons. The van der Waals surface area contributed by atoms with E-state index >= 15 is 0 Å². The molecule has 18 heavy (non-hydrogen) atoms. The van der Waals surface area contributed by atoms with Gasteiger partial charge in [-0.15, -0.1) is 0 Å². The lowest BCUT2D eigenvalue weighted by Crippen LogP contribution is -2.29. The van der Waals surface area contributed by atoms with Crippen molar-refractivity contribution in [3.63, 3.8) is 0 Å². The Morgan fingerprint density at radius 3 is 2.83 bits per heavy atom. The fourth-order valence-electron chi connectivity index (χ4n) is 2.06. The van der Waals surface area contributed by atoms with Crippen LogP contribution in [0.1, 0.15) is 12.0 Å². The van der Waals surface area contributed by atoms with Gasteiger partial charge in [0.2, 0.25) is 0 Å². The van der Waals surface area contributed by atoms with Crippen LogP contribution in [0.5, 0.6) is 11.5 Å². The van der Waals surface area contributed by atoms with Crippen molar-refractivity contribution >= 4 is 9.84 Å². The molecular formula is C12H17NO4S. The summed E-state index contributed by atoms with van der Waals surface area (Å²) in [6.45, 7) is 0.539. The number of phenols is 1. The van der Waals surface area contributed by atoms with Gasteiger partial charge in [-0.2, -0.15) is 0 Å². The molecule has 0 aliphatic carbocycles. The van der Waals surface area contributed by atoms with Crippen molar-refractivity contribution in [1.29, 1.82) is 0 Å². The van der Waals surface area contributed by atoms with Gasteiger partial charge in [-0.25, -0.2) is 8.42 Å². The number of aromatic hydroxyl groups is 1. The summed E-state index contributed by atoms with van der Waals surface area (Å²) in [6, 6.07) is 5.17. The van der Waals surface area contributed by atoms with E-state index in [0.29, 0.717) is 18.7 Å². The molecule has 1 aliphatic rings. The second-order valence-electron chi connectivity index (χ2n) is 4.49. The van der Waals surface area contributed by atoms with Crippen LogP contribution in [0.3, 0.4) is 0 Å². The van der Waals surface area contributed by atoms with Gasteiger partial charge in [-0.3, -0.25) is 0 Å². The maximum Gasteiger partial charge on any atom is 0.160 e. The Kier molecular flexibility index (Phi) is 3.77. The molecule has 6 heteroatoms. The number of benzene rings is 1. The number of sulfone groups is 1. The first-order valence-corrected chi connectivity index (χ1v) is 7.62. The predicted molar refractivity (Wildman–Crippen MR) is 68.6 cm³/mol. The van der Waals surface area contributed by atoms with E-state index in [2.05, 4.69) is 5.32 Å². The average Bonchev–Trinajstić information content (AvgIpc) is 2.66. The Balaban J connectivity index is 1.93. The minimum atomic E-state index is -2.85. The average molecular weight is 271 g/mol. The summed E-state index contributed by atoms with van der Waals surface area (Å²) in [5, 5.41) is 12.8. The largest absolute Gasteiger partial charge is 0.504 e. The van der Waals surface area contributed by atoms with Gasteiger partial charge in [0, 0.05) is 12.6 Å². The molecule has 1 aromatic rings. The Labute approximate surface area is 107 Å². The molecule has 100 valence electrons. The summed E-state index contributed by atoms with van der Waals surface area (Å²) in [5.74, 6) is 0.992. The molecule has 1 atom stereocenters. The third-order valence-electron chi connectivity index (χ3n) is 3.07. The van der Waals surface area contributed by atoms with Gasteiger partial charge < -0.3 is 15.2 Å². The van der Waals surface area contributed by atoms with E-state index in [4.69, 9.17) is 4.74 Å². The van der Waals surface area contributed by atoms with Crippen molar-refractivity contribution in [2.75, 3.05) is 18.6 Å². The zero-order chi connectivity index (χ0) is 13.2. The minimum absolute atomic E-state index is 0.0132. The van der Waals surface area contributed by atoms with Crippen LogP contribution in [0.4, 0.5) is 0 Å². The molecular weight excluding hydrogens is 254 g/mol. The number of rotatable bonds is 4. The van der Waals surface area contributed by atoms with E-state index < -0.39 is 9.84 Å². The van der Waals surface area contributed by atoms with Crippen molar-refractivity contribution in [3.8, 4) is 11.5 Å². The van der Waals surface area contributed by atoms with Gasteiger partial charge in [0.15, 0.2) is 21.3 Å². The maximum absolute atomic E-state index is 11.3. The number of ether oxygens (including phenoxy) is 1. The standard InChI is InChI=1S/C12H17NO4S/c1-17-12-3-2-9(6-11(12)14)7-13-10-4-5-18(15,16)8-10/h2-3,6,10,13-14H,4-5,7-8H2,1H3. The Morgan fingerprint density at radius 2 is 2.28 bits per heavy atom. The smallest absolute Gasteiger partial charge is 0.160 e. The highest BCUT2D eigenvalue weighted by Crippen LogP contribution is 2.26.